The normalized spacial score (nSPS) is 14.2. The summed E-state index contributed by atoms with van der Waals surface area (Å²) in [5.74, 6) is -0.924. The summed E-state index contributed by atoms with van der Waals surface area (Å²) in [5.41, 5.74) is -0.281. The minimum atomic E-state index is -1.52. The van der Waals surface area contributed by atoms with Crippen molar-refractivity contribution in [3.63, 3.8) is 0 Å². The minimum absolute atomic E-state index is 0.169. The maximum atomic E-state index is 13.9. The Balaban J connectivity index is 2.63. The number of aliphatic hydroxyl groups is 1. The topological polar surface area (TPSA) is 20.2 Å². The van der Waals surface area contributed by atoms with Crippen LogP contribution >= 0.6 is 0 Å². The molecule has 1 N–H and O–H groups in total. The maximum absolute atomic E-state index is 13.9. The molecule has 0 saturated carbocycles. The fourth-order valence-electron chi connectivity index (χ4n) is 2.32. The Labute approximate surface area is 111 Å². The van der Waals surface area contributed by atoms with Gasteiger partial charge in [-0.2, -0.15) is 0 Å². The molecule has 0 aliphatic rings. The van der Waals surface area contributed by atoms with E-state index in [2.05, 4.69) is 0 Å². The van der Waals surface area contributed by atoms with Crippen LogP contribution in [0.3, 0.4) is 0 Å². The van der Waals surface area contributed by atoms with Gasteiger partial charge in [0, 0.05) is 5.56 Å². The Morgan fingerprint density at radius 2 is 1.79 bits per heavy atom. The highest BCUT2D eigenvalue weighted by atomic mass is 19.1. The van der Waals surface area contributed by atoms with Crippen molar-refractivity contribution in [2.45, 2.75) is 25.9 Å². The molecule has 0 heterocycles. The van der Waals surface area contributed by atoms with Gasteiger partial charge in [0.25, 0.3) is 0 Å². The van der Waals surface area contributed by atoms with Crippen molar-refractivity contribution in [1.29, 1.82) is 0 Å². The van der Waals surface area contributed by atoms with Gasteiger partial charge >= 0.3 is 0 Å². The molecule has 2 rings (SSSR count). The fraction of sp³-hybridized carbons (Fsp3) is 0.250. The van der Waals surface area contributed by atoms with Gasteiger partial charge in [-0.15, -0.1) is 0 Å². The third-order valence-corrected chi connectivity index (χ3v) is 3.35. The molecule has 0 aliphatic heterocycles. The quantitative estimate of drug-likeness (QED) is 0.889. The van der Waals surface area contributed by atoms with E-state index in [1.165, 1.54) is 24.3 Å². The number of benzene rings is 2. The average Bonchev–Trinajstić information content (AvgIpc) is 2.37. The van der Waals surface area contributed by atoms with Crippen LogP contribution in [0.4, 0.5) is 8.78 Å². The van der Waals surface area contributed by atoms with Crippen molar-refractivity contribution >= 4 is 0 Å². The van der Waals surface area contributed by atoms with Crippen molar-refractivity contribution in [1.82, 2.24) is 0 Å². The molecule has 100 valence electrons. The highest BCUT2D eigenvalue weighted by Gasteiger charge is 2.32. The number of halogens is 2. The molecule has 1 atom stereocenters. The molecular formula is C16H16F2O. The maximum Gasteiger partial charge on any atom is 0.129 e. The monoisotopic (exact) mass is 262 g/mol. The van der Waals surface area contributed by atoms with E-state index in [0.29, 0.717) is 11.1 Å². The average molecular weight is 262 g/mol. The summed E-state index contributed by atoms with van der Waals surface area (Å²) in [7, 11) is 0. The second-order valence-corrected chi connectivity index (χ2v) is 4.71. The zero-order chi connectivity index (χ0) is 14.0. The molecule has 0 aromatic heterocycles. The van der Waals surface area contributed by atoms with Crippen molar-refractivity contribution < 1.29 is 13.9 Å². The van der Waals surface area contributed by atoms with Gasteiger partial charge < -0.3 is 5.11 Å². The summed E-state index contributed by atoms with van der Waals surface area (Å²) < 4.78 is 27.4. The summed E-state index contributed by atoms with van der Waals surface area (Å²) in [6.07, 6.45) is 0.261. The van der Waals surface area contributed by atoms with Gasteiger partial charge in [0.15, 0.2) is 0 Å². The number of hydrogen-bond acceptors (Lipinski definition) is 1. The van der Waals surface area contributed by atoms with Crippen molar-refractivity contribution in [3.05, 3.63) is 70.8 Å². The third-order valence-electron chi connectivity index (χ3n) is 3.35. The van der Waals surface area contributed by atoms with Gasteiger partial charge in [-0.05, 0) is 42.7 Å². The largest absolute Gasteiger partial charge is 0.380 e. The molecule has 1 unspecified atom stereocenters. The highest BCUT2D eigenvalue weighted by Crippen LogP contribution is 2.35. The van der Waals surface area contributed by atoms with Crippen LogP contribution in [0.25, 0.3) is 0 Å². The number of rotatable bonds is 3. The van der Waals surface area contributed by atoms with E-state index in [0.717, 1.165) is 0 Å². The number of aryl methyl sites for hydroxylation is 1. The Morgan fingerprint density at radius 3 is 2.37 bits per heavy atom. The van der Waals surface area contributed by atoms with Crippen molar-refractivity contribution in [2.75, 3.05) is 0 Å². The zero-order valence-electron chi connectivity index (χ0n) is 11.0. The van der Waals surface area contributed by atoms with E-state index in [9.17, 15) is 13.9 Å². The fourth-order valence-corrected chi connectivity index (χ4v) is 2.32. The van der Waals surface area contributed by atoms with Gasteiger partial charge in [-0.3, -0.25) is 0 Å². The van der Waals surface area contributed by atoms with Gasteiger partial charge in [0.05, 0.1) is 0 Å². The number of hydrogen-bond donors (Lipinski definition) is 1. The molecule has 0 bridgehead atoms. The summed E-state index contributed by atoms with van der Waals surface area (Å²) in [5, 5.41) is 10.8. The molecular weight excluding hydrogens is 246 g/mol. The molecule has 19 heavy (non-hydrogen) atoms. The minimum Gasteiger partial charge on any atom is -0.380 e. The van der Waals surface area contributed by atoms with E-state index in [4.69, 9.17) is 0 Å². The van der Waals surface area contributed by atoms with Crippen LogP contribution in [0.1, 0.15) is 30.0 Å². The lowest BCUT2D eigenvalue weighted by Crippen LogP contribution is -2.28. The first-order chi connectivity index (χ1) is 8.97. The summed E-state index contributed by atoms with van der Waals surface area (Å²) in [6.45, 7) is 3.48. The third kappa shape index (κ3) is 2.51. The van der Waals surface area contributed by atoms with Crippen molar-refractivity contribution in [2.24, 2.45) is 0 Å². The van der Waals surface area contributed by atoms with E-state index < -0.39 is 17.2 Å². The molecule has 0 fully saturated rings. The Bertz CT molecular complexity index is 575. The summed E-state index contributed by atoms with van der Waals surface area (Å²) in [6, 6.07) is 10.3. The van der Waals surface area contributed by atoms with Crippen LogP contribution in [0, 0.1) is 18.6 Å². The SMILES string of the molecule is CCC(O)(c1cc(C)cc(F)c1)c1ccccc1F. The Morgan fingerprint density at radius 1 is 1.11 bits per heavy atom. The van der Waals surface area contributed by atoms with E-state index in [-0.39, 0.29) is 12.0 Å². The molecule has 2 aromatic rings. The van der Waals surface area contributed by atoms with Crippen LogP contribution in [0.15, 0.2) is 42.5 Å². The standard InChI is InChI=1S/C16H16F2O/c1-3-16(19,14-6-4-5-7-15(14)18)12-8-11(2)9-13(17)10-12/h4-10,19H,3H2,1-2H3. The second-order valence-electron chi connectivity index (χ2n) is 4.71. The van der Waals surface area contributed by atoms with Gasteiger partial charge in [0.1, 0.15) is 17.2 Å². The lowest BCUT2D eigenvalue weighted by atomic mass is 9.83. The highest BCUT2D eigenvalue weighted by molar-refractivity contribution is 5.38. The molecule has 0 amide bonds. The van der Waals surface area contributed by atoms with Gasteiger partial charge in [-0.1, -0.05) is 31.2 Å². The predicted molar refractivity (Wildman–Crippen MR) is 70.8 cm³/mol. The van der Waals surface area contributed by atoms with Crippen molar-refractivity contribution in [3.8, 4) is 0 Å². The van der Waals surface area contributed by atoms with Crippen LogP contribution in [-0.2, 0) is 5.60 Å². The smallest absolute Gasteiger partial charge is 0.129 e. The van der Waals surface area contributed by atoms with E-state index >= 15 is 0 Å². The summed E-state index contributed by atoms with van der Waals surface area (Å²) in [4.78, 5) is 0. The first kappa shape index (κ1) is 13.7. The molecule has 0 aliphatic carbocycles. The first-order valence-corrected chi connectivity index (χ1v) is 6.22. The zero-order valence-corrected chi connectivity index (χ0v) is 11.0. The first-order valence-electron chi connectivity index (χ1n) is 6.22. The molecule has 3 heteroatoms. The van der Waals surface area contributed by atoms with Crippen LogP contribution < -0.4 is 0 Å². The van der Waals surface area contributed by atoms with E-state index in [1.807, 2.05) is 0 Å². The van der Waals surface area contributed by atoms with E-state index in [1.54, 1.807) is 32.0 Å². The predicted octanol–water partition coefficient (Wildman–Crippen LogP) is 3.92. The second kappa shape index (κ2) is 5.10. The molecule has 2 aromatic carbocycles. The Hall–Kier alpha value is -1.74. The van der Waals surface area contributed by atoms with Crippen LogP contribution in [-0.4, -0.2) is 5.11 Å². The molecule has 1 nitrogen and oxygen atoms in total. The van der Waals surface area contributed by atoms with Gasteiger partial charge in [-0.25, -0.2) is 8.78 Å². The molecule has 0 saturated heterocycles. The molecule has 0 radical (unpaired) electrons. The van der Waals surface area contributed by atoms with Crippen LogP contribution in [0.5, 0.6) is 0 Å². The molecule has 0 spiro atoms. The van der Waals surface area contributed by atoms with Crippen LogP contribution in [0.2, 0.25) is 0 Å². The summed E-state index contributed by atoms with van der Waals surface area (Å²) >= 11 is 0. The Kier molecular flexibility index (Phi) is 3.67. The van der Waals surface area contributed by atoms with Gasteiger partial charge in [0.2, 0.25) is 0 Å². The lowest BCUT2D eigenvalue weighted by Gasteiger charge is -2.28. The lowest BCUT2D eigenvalue weighted by molar-refractivity contribution is 0.0722.